The van der Waals surface area contributed by atoms with Gasteiger partial charge in [0, 0.05) is 23.5 Å². The smallest absolute Gasteiger partial charge is 0.330 e. The first kappa shape index (κ1) is 15.3. The van der Waals surface area contributed by atoms with Gasteiger partial charge in [-0.25, -0.2) is 8.78 Å². The number of rotatable bonds is 8. The van der Waals surface area contributed by atoms with E-state index in [-0.39, 0.29) is 12.6 Å². The Morgan fingerprint density at radius 2 is 2.22 bits per heavy atom. The normalized spacial score (nSPS) is 14.1. The predicted molar refractivity (Wildman–Crippen MR) is 60.4 cm³/mol. The molecule has 1 unspecified atom stereocenters. The van der Waals surface area contributed by atoms with Crippen LogP contribution in [0.15, 0.2) is 11.7 Å². The van der Waals surface area contributed by atoms with Gasteiger partial charge in [-0.15, -0.1) is 11.3 Å². The number of halogens is 4. The fraction of sp³-hybridized carbons (Fsp3) is 0.700. The maximum atomic E-state index is 12.6. The van der Waals surface area contributed by atoms with Crippen LogP contribution in [0.1, 0.15) is 4.88 Å². The fourth-order valence-corrected chi connectivity index (χ4v) is 1.91. The molecule has 18 heavy (non-hydrogen) atoms. The van der Waals surface area contributed by atoms with Crippen LogP contribution in [0.25, 0.3) is 0 Å². The third-order valence-electron chi connectivity index (χ3n) is 2.27. The van der Waals surface area contributed by atoms with Crippen molar-refractivity contribution in [3.63, 3.8) is 0 Å². The van der Waals surface area contributed by atoms with Crippen molar-refractivity contribution < 1.29 is 22.3 Å². The Hall–Kier alpha value is -0.730. The molecule has 0 fully saturated rings. The molecule has 0 aliphatic carbocycles. The zero-order valence-electron chi connectivity index (χ0n) is 9.71. The van der Waals surface area contributed by atoms with Gasteiger partial charge in [0.15, 0.2) is 0 Å². The highest BCUT2D eigenvalue weighted by Gasteiger charge is 2.41. The highest BCUT2D eigenvalue weighted by Crippen LogP contribution is 2.22. The Morgan fingerprint density at radius 1 is 1.50 bits per heavy atom. The summed E-state index contributed by atoms with van der Waals surface area (Å²) in [4.78, 5) is 4.85. The summed E-state index contributed by atoms with van der Waals surface area (Å²) in [6.07, 6.45) is -1.48. The molecule has 1 rings (SSSR count). The van der Waals surface area contributed by atoms with Crippen molar-refractivity contribution in [1.29, 1.82) is 0 Å². The lowest BCUT2D eigenvalue weighted by Crippen LogP contribution is -2.37. The quantitative estimate of drug-likeness (QED) is 0.744. The van der Waals surface area contributed by atoms with Gasteiger partial charge in [-0.2, -0.15) is 8.78 Å². The van der Waals surface area contributed by atoms with E-state index in [1.54, 1.807) is 18.8 Å². The molecule has 1 N–H and O–H groups in total. The number of ether oxygens (including phenoxy) is 1. The number of hydrogen-bond acceptors (Lipinski definition) is 4. The van der Waals surface area contributed by atoms with Gasteiger partial charge in [-0.3, -0.25) is 4.98 Å². The van der Waals surface area contributed by atoms with Crippen LogP contribution in [0.3, 0.4) is 0 Å². The van der Waals surface area contributed by atoms with Crippen molar-refractivity contribution in [1.82, 2.24) is 10.3 Å². The van der Waals surface area contributed by atoms with Crippen molar-refractivity contribution in [3.05, 3.63) is 16.6 Å². The van der Waals surface area contributed by atoms with Crippen LogP contribution in [0.2, 0.25) is 0 Å². The van der Waals surface area contributed by atoms with Crippen molar-refractivity contribution in [2.24, 2.45) is 0 Å². The van der Waals surface area contributed by atoms with Gasteiger partial charge in [-0.1, -0.05) is 0 Å². The van der Waals surface area contributed by atoms with Crippen LogP contribution < -0.4 is 5.32 Å². The summed E-state index contributed by atoms with van der Waals surface area (Å²) in [5.74, 6) is -4.09. The lowest BCUT2D eigenvalue weighted by molar-refractivity contribution is -0.166. The van der Waals surface area contributed by atoms with Crippen LogP contribution in [-0.4, -0.2) is 43.6 Å². The van der Waals surface area contributed by atoms with Gasteiger partial charge in [0.1, 0.15) is 6.61 Å². The summed E-state index contributed by atoms with van der Waals surface area (Å²) in [7, 11) is 1.65. The number of thiazole rings is 1. The molecule has 0 bridgehead atoms. The van der Waals surface area contributed by atoms with Crippen LogP contribution in [0.5, 0.6) is 0 Å². The Balaban J connectivity index is 2.32. The molecule has 1 aromatic rings. The molecule has 104 valence electrons. The third-order valence-corrected chi connectivity index (χ3v) is 3.07. The van der Waals surface area contributed by atoms with Gasteiger partial charge in [0.25, 0.3) is 0 Å². The first-order valence-electron chi connectivity index (χ1n) is 5.24. The third kappa shape index (κ3) is 4.87. The molecule has 0 saturated carbocycles. The van der Waals surface area contributed by atoms with E-state index in [0.29, 0.717) is 6.42 Å². The Labute approximate surface area is 106 Å². The number of nitrogens with zero attached hydrogens (tertiary/aromatic N) is 1. The minimum Gasteiger partial charge on any atom is -0.373 e. The van der Waals surface area contributed by atoms with E-state index in [1.807, 2.05) is 0 Å². The molecule has 0 radical (unpaired) electrons. The molecular formula is C10H14F4N2OS. The maximum Gasteiger partial charge on any atom is 0.330 e. The van der Waals surface area contributed by atoms with Gasteiger partial charge < -0.3 is 10.1 Å². The fourth-order valence-electron chi connectivity index (χ4n) is 1.23. The molecule has 3 nitrogen and oxygen atoms in total. The second kappa shape index (κ2) is 7.01. The molecule has 8 heteroatoms. The molecule has 0 aromatic carbocycles. The van der Waals surface area contributed by atoms with Crippen LogP contribution in [0, 0.1) is 0 Å². The van der Waals surface area contributed by atoms with E-state index >= 15 is 0 Å². The number of alkyl halides is 4. The monoisotopic (exact) mass is 286 g/mol. The molecule has 1 heterocycles. The lowest BCUT2D eigenvalue weighted by Gasteiger charge is -2.19. The summed E-state index contributed by atoms with van der Waals surface area (Å²) in [5, 5.41) is 2.88. The van der Waals surface area contributed by atoms with E-state index in [0.717, 1.165) is 4.88 Å². The molecular weight excluding hydrogens is 272 g/mol. The summed E-state index contributed by atoms with van der Waals surface area (Å²) < 4.78 is 53.5. The van der Waals surface area contributed by atoms with Gasteiger partial charge in [-0.05, 0) is 7.05 Å². The van der Waals surface area contributed by atoms with Crippen molar-refractivity contribution >= 4 is 11.3 Å². The average Bonchev–Trinajstić information content (AvgIpc) is 2.80. The zero-order valence-corrected chi connectivity index (χ0v) is 10.5. The van der Waals surface area contributed by atoms with E-state index in [1.165, 1.54) is 11.3 Å². The minimum atomic E-state index is -4.09. The van der Waals surface area contributed by atoms with Crippen molar-refractivity contribution in [2.75, 3.05) is 20.3 Å². The molecule has 0 aliphatic rings. The molecule has 1 atom stereocenters. The second-order valence-electron chi connectivity index (χ2n) is 3.73. The first-order chi connectivity index (χ1) is 8.45. The van der Waals surface area contributed by atoms with Crippen molar-refractivity contribution in [2.45, 2.75) is 24.8 Å². The number of likely N-dealkylation sites (N-methyl/N-ethyl adjacent to an activating group) is 1. The predicted octanol–water partition coefficient (Wildman–Crippen LogP) is 2.19. The van der Waals surface area contributed by atoms with E-state index in [4.69, 9.17) is 0 Å². The summed E-state index contributed by atoms with van der Waals surface area (Å²) in [5.41, 5.74) is 1.66. The molecule has 0 spiro atoms. The number of hydrogen-bond donors (Lipinski definition) is 1. The highest BCUT2D eigenvalue weighted by atomic mass is 32.1. The van der Waals surface area contributed by atoms with Gasteiger partial charge >= 0.3 is 12.3 Å². The van der Waals surface area contributed by atoms with Crippen molar-refractivity contribution in [3.8, 4) is 0 Å². The van der Waals surface area contributed by atoms with E-state index in [9.17, 15) is 17.6 Å². The summed E-state index contributed by atoms with van der Waals surface area (Å²) in [6, 6.07) is -0.209. The number of aromatic nitrogens is 1. The van der Waals surface area contributed by atoms with Crippen LogP contribution in [-0.2, 0) is 11.2 Å². The lowest BCUT2D eigenvalue weighted by atomic mass is 10.2. The topological polar surface area (TPSA) is 34.1 Å². The Kier molecular flexibility index (Phi) is 5.97. The van der Waals surface area contributed by atoms with Gasteiger partial charge in [0.05, 0.1) is 12.1 Å². The molecule has 0 amide bonds. The Morgan fingerprint density at radius 3 is 2.72 bits per heavy atom. The maximum absolute atomic E-state index is 12.6. The van der Waals surface area contributed by atoms with Crippen LogP contribution in [0.4, 0.5) is 17.6 Å². The van der Waals surface area contributed by atoms with Gasteiger partial charge in [0.2, 0.25) is 0 Å². The minimum absolute atomic E-state index is 0.0588. The molecule has 1 aromatic heterocycles. The second-order valence-corrected chi connectivity index (χ2v) is 4.71. The average molecular weight is 286 g/mol. The largest absolute Gasteiger partial charge is 0.373 e. The van der Waals surface area contributed by atoms with Crippen LogP contribution >= 0.6 is 11.3 Å². The van der Waals surface area contributed by atoms with E-state index in [2.05, 4.69) is 15.0 Å². The molecule has 0 aliphatic heterocycles. The summed E-state index contributed by atoms with van der Waals surface area (Å²) >= 11 is 1.44. The first-order valence-corrected chi connectivity index (χ1v) is 6.12. The number of nitrogens with one attached hydrogen (secondary N) is 1. The van der Waals surface area contributed by atoms with E-state index < -0.39 is 19.0 Å². The molecule has 0 saturated heterocycles. The zero-order chi connectivity index (χ0) is 13.6. The summed E-state index contributed by atoms with van der Waals surface area (Å²) in [6.45, 7) is -1.33. The Bertz CT molecular complexity index is 335. The SMILES string of the molecule is CNC(COCC(F)(F)C(F)F)Cc1cncs1. The highest BCUT2D eigenvalue weighted by molar-refractivity contribution is 7.09. The standard InChI is InChI=1S/C10H14F4N2OS/c1-15-7(2-8-3-16-6-18-8)4-17-5-10(13,14)9(11)12/h3,6-7,9,15H,2,4-5H2,1H3.